The molecule has 3 aromatic rings. The lowest BCUT2D eigenvalue weighted by Crippen LogP contribution is -2.21. The zero-order chi connectivity index (χ0) is 22.8. The average molecular weight is 505 g/mol. The normalized spacial score (nSPS) is 15.5. The van der Waals surface area contributed by atoms with Gasteiger partial charge in [-0.25, -0.2) is 9.97 Å². The topological polar surface area (TPSA) is 80.9 Å². The van der Waals surface area contributed by atoms with Crippen LogP contribution in [0, 0.1) is 5.92 Å². The van der Waals surface area contributed by atoms with Crippen molar-refractivity contribution in [2.75, 3.05) is 11.1 Å². The number of fused-ring (bicyclic) bond motifs is 3. The second-order valence-corrected chi connectivity index (χ2v) is 10.2. The molecule has 1 amide bonds. The fraction of sp³-hybridized carbons (Fsp3) is 0.370. The Morgan fingerprint density at radius 2 is 1.82 bits per heavy atom. The minimum absolute atomic E-state index is 0.0551. The third-order valence-electron chi connectivity index (χ3n) is 6.80. The van der Waals surface area contributed by atoms with E-state index in [0.29, 0.717) is 18.2 Å². The highest BCUT2D eigenvalue weighted by Crippen LogP contribution is 2.35. The van der Waals surface area contributed by atoms with Crippen molar-refractivity contribution in [2.45, 2.75) is 57.8 Å². The minimum Gasteiger partial charge on any atom is -0.399 e. The van der Waals surface area contributed by atoms with E-state index in [1.807, 2.05) is 30.3 Å². The summed E-state index contributed by atoms with van der Waals surface area (Å²) in [6.07, 6.45) is 9.17. The van der Waals surface area contributed by atoms with Crippen LogP contribution in [0.2, 0.25) is 0 Å². The van der Waals surface area contributed by atoms with Crippen LogP contribution < -0.4 is 11.1 Å². The molecular formula is C27H29BrN4O. The summed E-state index contributed by atoms with van der Waals surface area (Å²) in [5.41, 5.74) is 12.9. The maximum absolute atomic E-state index is 12.9. The van der Waals surface area contributed by atoms with Crippen molar-refractivity contribution >= 4 is 33.3 Å². The molecular weight excluding hydrogens is 476 g/mol. The number of aryl methyl sites for hydroxylation is 2. The van der Waals surface area contributed by atoms with Crippen molar-refractivity contribution in [3.8, 4) is 11.3 Å². The average Bonchev–Trinajstić information content (AvgIpc) is 2.81. The molecule has 2 aliphatic carbocycles. The van der Waals surface area contributed by atoms with Gasteiger partial charge in [0.2, 0.25) is 5.91 Å². The maximum atomic E-state index is 12.9. The van der Waals surface area contributed by atoms with E-state index >= 15 is 0 Å². The standard InChI is InChI=1S/C27H29BrN4O/c28-20-9-6-18(7-10-20)15-25(33)32-27-24(14-17-4-2-1-3-5-17)30-26-22-12-11-21(29)16-19(22)8-13-23(26)31-27/h6-7,9-12,16-17H,1-5,8,13-15,29H2,(H,31,32,33). The third kappa shape index (κ3) is 5.11. The van der Waals surface area contributed by atoms with Crippen molar-refractivity contribution in [3.05, 3.63) is 69.5 Å². The molecule has 0 unspecified atom stereocenters. The zero-order valence-electron chi connectivity index (χ0n) is 18.7. The SMILES string of the molecule is Nc1ccc2c(c1)CCc1nc(NC(=O)Cc3ccc(Br)cc3)c(CC3CCCCC3)nc1-2. The Labute approximate surface area is 203 Å². The quantitative estimate of drug-likeness (QED) is 0.424. The lowest BCUT2D eigenvalue weighted by molar-refractivity contribution is -0.115. The Bertz CT molecular complexity index is 1170. The van der Waals surface area contributed by atoms with Gasteiger partial charge in [-0.15, -0.1) is 0 Å². The van der Waals surface area contributed by atoms with E-state index in [1.54, 1.807) is 0 Å². The van der Waals surface area contributed by atoms with Crippen LogP contribution in [-0.4, -0.2) is 15.9 Å². The molecule has 5 rings (SSSR count). The fourth-order valence-corrected chi connectivity index (χ4v) is 5.33. The molecule has 33 heavy (non-hydrogen) atoms. The minimum atomic E-state index is -0.0551. The number of nitrogen functional groups attached to an aromatic ring is 1. The van der Waals surface area contributed by atoms with E-state index < -0.39 is 0 Å². The predicted molar refractivity (Wildman–Crippen MR) is 136 cm³/mol. The van der Waals surface area contributed by atoms with Crippen LogP contribution in [0.4, 0.5) is 11.5 Å². The lowest BCUT2D eigenvalue weighted by atomic mass is 9.85. The molecule has 0 atom stereocenters. The maximum Gasteiger partial charge on any atom is 0.229 e. The van der Waals surface area contributed by atoms with Gasteiger partial charge in [-0.05, 0) is 60.6 Å². The molecule has 170 valence electrons. The van der Waals surface area contributed by atoms with E-state index in [4.69, 9.17) is 15.7 Å². The number of nitrogens with two attached hydrogens (primary N) is 1. The number of carbonyl (C=O) groups is 1. The summed E-state index contributed by atoms with van der Waals surface area (Å²) < 4.78 is 1.00. The number of rotatable bonds is 5. The van der Waals surface area contributed by atoms with Crippen molar-refractivity contribution in [3.63, 3.8) is 0 Å². The van der Waals surface area contributed by atoms with Crippen LogP contribution in [0.5, 0.6) is 0 Å². The highest BCUT2D eigenvalue weighted by molar-refractivity contribution is 9.10. The molecule has 1 fully saturated rings. The van der Waals surface area contributed by atoms with Gasteiger partial charge in [0.25, 0.3) is 0 Å². The van der Waals surface area contributed by atoms with Gasteiger partial charge in [0, 0.05) is 15.7 Å². The summed E-state index contributed by atoms with van der Waals surface area (Å²) in [7, 11) is 0. The molecule has 1 heterocycles. The molecule has 1 saturated carbocycles. The van der Waals surface area contributed by atoms with Gasteiger partial charge in [0.15, 0.2) is 5.82 Å². The summed E-state index contributed by atoms with van der Waals surface area (Å²) in [5.74, 6) is 1.18. The Morgan fingerprint density at radius 1 is 1.03 bits per heavy atom. The van der Waals surface area contributed by atoms with Gasteiger partial charge in [-0.1, -0.05) is 66.2 Å². The second kappa shape index (κ2) is 9.64. The number of hydrogen-bond acceptors (Lipinski definition) is 4. The zero-order valence-corrected chi connectivity index (χ0v) is 20.3. The monoisotopic (exact) mass is 504 g/mol. The van der Waals surface area contributed by atoms with Gasteiger partial charge in [0.1, 0.15) is 0 Å². The summed E-state index contributed by atoms with van der Waals surface area (Å²) in [5, 5.41) is 3.10. The van der Waals surface area contributed by atoms with Gasteiger partial charge in [-0.3, -0.25) is 4.79 Å². The molecule has 3 N–H and O–H groups in total. The van der Waals surface area contributed by atoms with Crippen LogP contribution in [0.3, 0.4) is 0 Å². The number of aromatic nitrogens is 2. The molecule has 0 saturated heterocycles. The van der Waals surface area contributed by atoms with Crippen LogP contribution >= 0.6 is 15.9 Å². The van der Waals surface area contributed by atoms with E-state index in [0.717, 1.165) is 57.6 Å². The molecule has 5 nitrogen and oxygen atoms in total. The number of anilines is 2. The summed E-state index contributed by atoms with van der Waals surface area (Å²) in [4.78, 5) is 23.0. The fourth-order valence-electron chi connectivity index (χ4n) is 5.07. The van der Waals surface area contributed by atoms with Crippen LogP contribution in [0.15, 0.2) is 46.9 Å². The number of halogens is 1. The number of nitrogens with zero attached hydrogens (tertiary/aromatic N) is 2. The van der Waals surface area contributed by atoms with Gasteiger partial charge in [0.05, 0.1) is 23.5 Å². The second-order valence-electron chi connectivity index (χ2n) is 9.29. The Balaban J connectivity index is 1.46. The molecule has 1 aromatic heterocycles. The number of nitrogens with one attached hydrogen (secondary N) is 1. The van der Waals surface area contributed by atoms with Gasteiger partial charge in [-0.2, -0.15) is 0 Å². The largest absolute Gasteiger partial charge is 0.399 e. The molecule has 2 aromatic carbocycles. The molecule has 2 aliphatic rings. The van der Waals surface area contributed by atoms with E-state index in [2.05, 4.69) is 33.4 Å². The van der Waals surface area contributed by atoms with Crippen molar-refractivity contribution in [2.24, 2.45) is 5.92 Å². The van der Waals surface area contributed by atoms with Crippen molar-refractivity contribution < 1.29 is 4.79 Å². The number of benzene rings is 2. The first-order valence-electron chi connectivity index (χ1n) is 11.9. The first-order valence-corrected chi connectivity index (χ1v) is 12.7. The van der Waals surface area contributed by atoms with Crippen molar-refractivity contribution in [1.29, 1.82) is 0 Å². The number of hydrogen-bond donors (Lipinski definition) is 2. The summed E-state index contributed by atoms with van der Waals surface area (Å²) in [6.45, 7) is 0. The van der Waals surface area contributed by atoms with E-state index in [1.165, 1.54) is 37.7 Å². The number of amides is 1. The molecule has 0 spiro atoms. The highest BCUT2D eigenvalue weighted by Gasteiger charge is 2.24. The molecule has 0 radical (unpaired) electrons. The Kier molecular flexibility index (Phi) is 6.45. The number of carbonyl (C=O) groups excluding carboxylic acids is 1. The molecule has 6 heteroatoms. The molecule has 0 aliphatic heterocycles. The first-order chi connectivity index (χ1) is 16.0. The smallest absolute Gasteiger partial charge is 0.229 e. The van der Waals surface area contributed by atoms with Crippen LogP contribution in [0.1, 0.15) is 54.6 Å². The summed E-state index contributed by atoms with van der Waals surface area (Å²) >= 11 is 3.45. The first kappa shape index (κ1) is 22.1. The van der Waals surface area contributed by atoms with Crippen LogP contribution in [-0.2, 0) is 30.5 Å². The third-order valence-corrected chi connectivity index (χ3v) is 7.33. The molecule has 0 bridgehead atoms. The lowest BCUT2D eigenvalue weighted by Gasteiger charge is -2.24. The van der Waals surface area contributed by atoms with Crippen molar-refractivity contribution in [1.82, 2.24) is 9.97 Å². The Morgan fingerprint density at radius 3 is 2.61 bits per heavy atom. The van der Waals surface area contributed by atoms with E-state index in [-0.39, 0.29) is 5.91 Å². The summed E-state index contributed by atoms with van der Waals surface area (Å²) in [6, 6.07) is 13.9. The van der Waals surface area contributed by atoms with Gasteiger partial charge < -0.3 is 11.1 Å². The Hall–Kier alpha value is -2.73. The highest BCUT2D eigenvalue weighted by atomic mass is 79.9. The predicted octanol–water partition coefficient (Wildman–Crippen LogP) is 5.89. The van der Waals surface area contributed by atoms with E-state index in [9.17, 15) is 4.79 Å². The van der Waals surface area contributed by atoms with Crippen LogP contribution in [0.25, 0.3) is 11.3 Å². The van der Waals surface area contributed by atoms with Gasteiger partial charge >= 0.3 is 0 Å².